The first-order valence-corrected chi connectivity index (χ1v) is 6.37. The van der Waals surface area contributed by atoms with E-state index in [0.717, 1.165) is 12.1 Å². The Bertz CT molecular complexity index is 561. The van der Waals surface area contributed by atoms with Gasteiger partial charge in [0.15, 0.2) is 0 Å². The summed E-state index contributed by atoms with van der Waals surface area (Å²) < 4.78 is 45.4. The Balaban J connectivity index is 2.44. The molecule has 1 nitrogen and oxygen atoms in total. The number of rotatable bonds is 3. The lowest BCUT2D eigenvalue weighted by atomic mass is 10.0. The Hall–Kier alpha value is -1.49. The number of hydrogen-bond acceptors (Lipinski definition) is 1. The smallest absolute Gasteiger partial charge is 0.134 e. The number of halogens is 4. The second-order valence-corrected chi connectivity index (χ2v) is 4.83. The minimum atomic E-state index is -0.719. The molecular weight excluding hydrogens is 321 g/mol. The van der Waals surface area contributed by atoms with Crippen molar-refractivity contribution in [1.82, 2.24) is 0 Å². The van der Waals surface area contributed by atoms with E-state index in [1.165, 1.54) is 31.4 Å². The molecule has 5 heteroatoms. The molecule has 1 atom stereocenters. The molecule has 0 amide bonds. The fraction of sp³-hybridized carbons (Fsp3) is 0.143. The molecule has 0 heterocycles. The third-order valence-corrected chi connectivity index (χ3v) is 3.69. The third-order valence-electron chi connectivity index (χ3n) is 2.70. The van der Waals surface area contributed by atoms with Crippen molar-refractivity contribution in [3.8, 4) is 5.75 Å². The van der Waals surface area contributed by atoms with Crippen LogP contribution in [0.4, 0.5) is 13.2 Å². The molecular formula is C14H10BrF3O. The molecule has 0 saturated heterocycles. The van der Waals surface area contributed by atoms with E-state index in [1.807, 2.05) is 0 Å². The number of methoxy groups -OCH3 is 1. The first-order valence-electron chi connectivity index (χ1n) is 5.45. The minimum absolute atomic E-state index is 0.109. The first kappa shape index (κ1) is 13.9. The predicted molar refractivity (Wildman–Crippen MR) is 70.1 cm³/mol. The van der Waals surface area contributed by atoms with Crippen LogP contribution in [0.2, 0.25) is 0 Å². The normalized spacial score (nSPS) is 12.3. The molecule has 0 aliphatic carbocycles. The van der Waals surface area contributed by atoms with Gasteiger partial charge in [0.05, 0.1) is 11.9 Å². The molecule has 0 aliphatic heterocycles. The molecule has 100 valence electrons. The van der Waals surface area contributed by atoms with Gasteiger partial charge in [-0.3, -0.25) is 0 Å². The summed E-state index contributed by atoms with van der Waals surface area (Å²) in [5.74, 6) is -1.73. The minimum Gasteiger partial charge on any atom is -0.497 e. The van der Waals surface area contributed by atoms with Crippen LogP contribution < -0.4 is 4.74 Å². The highest BCUT2D eigenvalue weighted by molar-refractivity contribution is 9.09. The summed E-state index contributed by atoms with van der Waals surface area (Å²) in [5, 5.41) is 0. The van der Waals surface area contributed by atoms with Crippen LogP contribution >= 0.6 is 15.9 Å². The lowest BCUT2D eigenvalue weighted by Gasteiger charge is -2.14. The van der Waals surface area contributed by atoms with Crippen LogP contribution in [0.1, 0.15) is 16.0 Å². The van der Waals surface area contributed by atoms with E-state index in [-0.39, 0.29) is 11.3 Å². The summed E-state index contributed by atoms with van der Waals surface area (Å²) in [4.78, 5) is -0.695. The Morgan fingerprint density at radius 2 is 1.53 bits per heavy atom. The first-order chi connectivity index (χ1) is 9.02. The summed E-state index contributed by atoms with van der Waals surface area (Å²) in [6, 6.07) is 7.63. The molecule has 19 heavy (non-hydrogen) atoms. The van der Waals surface area contributed by atoms with E-state index in [1.54, 1.807) is 0 Å². The molecule has 0 N–H and O–H groups in total. The molecule has 0 fully saturated rings. The van der Waals surface area contributed by atoms with E-state index < -0.39 is 22.3 Å². The second-order valence-electron chi connectivity index (χ2n) is 3.92. The summed E-state index contributed by atoms with van der Waals surface area (Å²) >= 11 is 3.22. The van der Waals surface area contributed by atoms with Gasteiger partial charge in [-0.2, -0.15) is 0 Å². The van der Waals surface area contributed by atoms with E-state index in [2.05, 4.69) is 15.9 Å². The van der Waals surface area contributed by atoms with Crippen molar-refractivity contribution in [2.75, 3.05) is 7.11 Å². The van der Waals surface area contributed by atoms with E-state index in [0.29, 0.717) is 5.56 Å². The van der Waals surface area contributed by atoms with Crippen molar-refractivity contribution < 1.29 is 17.9 Å². The van der Waals surface area contributed by atoms with Crippen molar-refractivity contribution >= 4 is 15.9 Å². The number of ether oxygens (including phenoxy) is 1. The molecule has 2 aromatic carbocycles. The van der Waals surface area contributed by atoms with E-state index in [9.17, 15) is 13.2 Å². The number of hydrogen-bond donors (Lipinski definition) is 0. The molecule has 0 radical (unpaired) electrons. The standard InChI is InChI=1S/C14H10BrF3O/c1-19-10-6-11(17)13(12(18)7-10)14(15)8-2-4-9(16)5-3-8/h2-7,14H,1H3. The quantitative estimate of drug-likeness (QED) is 0.747. The maximum Gasteiger partial charge on any atom is 0.134 e. The Morgan fingerprint density at radius 3 is 2.00 bits per heavy atom. The van der Waals surface area contributed by atoms with E-state index in [4.69, 9.17) is 4.74 Å². The molecule has 0 aromatic heterocycles. The lowest BCUT2D eigenvalue weighted by molar-refractivity contribution is 0.405. The molecule has 2 rings (SSSR count). The van der Waals surface area contributed by atoms with Gasteiger partial charge in [-0.15, -0.1) is 0 Å². The highest BCUT2D eigenvalue weighted by Gasteiger charge is 2.20. The average Bonchev–Trinajstić information content (AvgIpc) is 2.38. The molecule has 1 unspecified atom stereocenters. The van der Waals surface area contributed by atoms with Crippen molar-refractivity contribution in [3.63, 3.8) is 0 Å². The molecule has 0 saturated carbocycles. The molecule has 0 spiro atoms. The Labute approximate surface area is 117 Å². The Kier molecular flexibility index (Phi) is 4.14. The third kappa shape index (κ3) is 2.92. The second kappa shape index (κ2) is 5.65. The van der Waals surface area contributed by atoms with Crippen LogP contribution in [0.25, 0.3) is 0 Å². The van der Waals surface area contributed by atoms with Gasteiger partial charge in [0.2, 0.25) is 0 Å². The monoisotopic (exact) mass is 330 g/mol. The van der Waals surface area contributed by atoms with Gasteiger partial charge in [-0.05, 0) is 17.7 Å². The predicted octanol–water partition coefficient (Wildman–Crippen LogP) is 4.60. The van der Waals surface area contributed by atoms with Crippen molar-refractivity contribution in [3.05, 3.63) is 65.0 Å². The van der Waals surface area contributed by atoms with E-state index >= 15 is 0 Å². The zero-order chi connectivity index (χ0) is 14.0. The summed E-state index contributed by atoms with van der Waals surface area (Å²) in [5.41, 5.74) is 0.428. The summed E-state index contributed by atoms with van der Waals surface area (Å²) in [6.45, 7) is 0. The van der Waals surface area contributed by atoms with Gasteiger partial charge in [0.25, 0.3) is 0 Å². The van der Waals surface area contributed by atoms with Gasteiger partial charge >= 0.3 is 0 Å². The number of alkyl halides is 1. The van der Waals surface area contributed by atoms with Crippen LogP contribution in [0, 0.1) is 17.5 Å². The zero-order valence-corrected chi connectivity index (χ0v) is 11.5. The van der Waals surface area contributed by atoms with Crippen LogP contribution in [0.5, 0.6) is 5.75 Å². The van der Waals surface area contributed by atoms with Crippen LogP contribution in [0.15, 0.2) is 36.4 Å². The average molecular weight is 331 g/mol. The topological polar surface area (TPSA) is 9.23 Å². The van der Waals surface area contributed by atoms with Gasteiger partial charge in [0, 0.05) is 17.7 Å². The maximum atomic E-state index is 13.9. The maximum absolute atomic E-state index is 13.9. The van der Waals surface area contributed by atoms with Crippen molar-refractivity contribution in [1.29, 1.82) is 0 Å². The molecule has 2 aromatic rings. The fourth-order valence-electron chi connectivity index (χ4n) is 1.72. The SMILES string of the molecule is COc1cc(F)c(C(Br)c2ccc(F)cc2)c(F)c1. The Morgan fingerprint density at radius 1 is 1.00 bits per heavy atom. The number of benzene rings is 2. The summed E-state index contributed by atoms with van der Waals surface area (Å²) in [7, 11) is 1.33. The zero-order valence-electron chi connectivity index (χ0n) is 9.96. The van der Waals surface area contributed by atoms with Gasteiger partial charge in [-0.25, -0.2) is 13.2 Å². The van der Waals surface area contributed by atoms with Gasteiger partial charge < -0.3 is 4.74 Å². The van der Waals surface area contributed by atoms with Crippen molar-refractivity contribution in [2.45, 2.75) is 4.83 Å². The molecule has 0 aliphatic rings. The molecule has 0 bridgehead atoms. The largest absolute Gasteiger partial charge is 0.497 e. The van der Waals surface area contributed by atoms with Crippen LogP contribution in [-0.4, -0.2) is 7.11 Å². The highest BCUT2D eigenvalue weighted by atomic mass is 79.9. The highest BCUT2D eigenvalue weighted by Crippen LogP contribution is 2.35. The lowest BCUT2D eigenvalue weighted by Crippen LogP contribution is -2.02. The van der Waals surface area contributed by atoms with Crippen LogP contribution in [0.3, 0.4) is 0 Å². The fourth-order valence-corrected chi connectivity index (χ4v) is 2.46. The van der Waals surface area contributed by atoms with Crippen LogP contribution in [-0.2, 0) is 0 Å². The van der Waals surface area contributed by atoms with Gasteiger partial charge in [0.1, 0.15) is 23.2 Å². The van der Waals surface area contributed by atoms with Gasteiger partial charge in [-0.1, -0.05) is 28.1 Å². The van der Waals surface area contributed by atoms with Crippen molar-refractivity contribution in [2.24, 2.45) is 0 Å². The summed E-state index contributed by atoms with van der Waals surface area (Å²) in [6.07, 6.45) is 0.